The molecule has 0 saturated carbocycles. The minimum atomic E-state index is -0.957. The minimum absolute atomic E-state index is 0.00829. The smallest absolute Gasteiger partial charge is 0.260 e. The number of amides is 1. The van der Waals surface area contributed by atoms with Crippen molar-refractivity contribution in [3.63, 3.8) is 0 Å². The summed E-state index contributed by atoms with van der Waals surface area (Å²) in [5.74, 6) is -2.48. The highest BCUT2D eigenvalue weighted by Gasteiger charge is 2.13. The highest BCUT2D eigenvalue weighted by molar-refractivity contribution is 7.80. The van der Waals surface area contributed by atoms with Gasteiger partial charge in [-0.1, -0.05) is 11.6 Å². The molecule has 0 heterocycles. The fourth-order valence-corrected chi connectivity index (χ4v) is 1.88. The lowest BCUT2D eigenvalue weighted by atomic mass is 10.2. The van der Waals surface area contributed by atoms with Crippen molar-refractivity contribution >= 4 is 40.5 Å². The van der Waals surface area contributed by atoms with E-state index in [4.69, 9.17) is 23.8 Å². The summed E-state index contributed by atoms with van der Waals surface area (Å²) < 4.78 is 26.2. The van der Waals surface area contributed by atoms with Crippen molar-refractivity contribution in [2.45, 2.75) is 0 Å². The summed E-state index contributed by atoms with van der Waals surface area (Å²) in [6.07, 6.45) is 0. The zero-order valence-corrected chi connectivity index (χ0v) is 12.1. The molecule has 2 rings (SSSR count). The number of nitrogens with one attached hydrogen (secondary N) is 2. The number of rotatable bonds is 2. The van der Waals surface area contributed by atoms with Crippen LogP contribution >= 0.6 is 23.8 Å². The van der Waals surface area contributed by atoms with Crippen molar-refractivity contribution in [3.05, 3.63) is 64.7 Å². The molecule has 2 aromatic rings. The normalized spacial score (nSPS) is 10.0. The Hall–Kier alpha value is -2.05. The van der Waals surface area contributed by atoms with Gasteiger partial charge in [0.15, 0.2) is 5.11 Å². The maximum absolute atomic E-state index is 13.4. The summed E-state index contributed by atoms with van der Waals surface area (Å²) >= 11 is 10.7. The Bertz CT molecular complexity index is 692. The van der Waals surface area contributed by atoms with Crippen LogP contribution in [0, 0.1) is 11.6 Å². The SMILES string of the molecule is O=C(NC(=S)Nc1ccc(Cl)cc1)c1ccc(F)cc1F. The van der Waals surface area contributed by atoms with E-state index in [1.165, 1.54) is 0 Å². The molecule has 0 bridgehead atoms. The van der Waals surface area contributed by atoms with Crippen molar-refractivity contribution in [3.8, 4) is 0 Å². The number of halogens is 3. The standard InChI is InChI=1S/C14H9ClF2N2OS/c15-8-1-4-10(5-2-8)18-14(21)19-13(20)11-6-3-9(16)7-12(11)17/h1-7H,(H2,18,19,20,21). The molecule has 7 heteroatoms. The first-order chi connectivity index (χ1) is 9.95. The van der Waals surface area contributed by atoms with Crippen LogP contribution in [0.2, 0.25) is 5.02 Å². The Morgan fingerprint density at radius 3 is 2.38 bits per heavy atom. The largest absolute Gasteiger partial charge is 0.332 e. The van der Waals surface area contributed by atoms with Gasteiger partial charge in [0.2, 0.25) is 0 Å². The molecule has 108 valence electrons. The summed E-state index contributed by atoms with van der Waals surface area (Å²) in [5.41, 5.74) is 0.320. The second-order valence-electron chi connectivity index (χ2n) is 4.04. The van der Waals surface area contributed by atoms with Gasteiger partial charge in [-0.3, -0.25) is 10.1 Å². The van der Waals surface area contributed by atoms with E-state index in [-0.39, 0.29) is 10.7 Å². The third-order valence-corrected chi connectivity index (χ3v) is 2.96. The number of hydrogen-bond donors (Lipinski definition) is 2. The third kappa shape index (κ3) is 4.21. The van der Waals surface area contributed by atoms with E-state index in [0.717, 1.165) is 12.1 Å². The van der Waals surface area contributed by atoms with E-state index >= 15 is 0 Å². The molecule has 0 aromatic heterocycles. The van der Waals surface area contributed by atoms with E-state index in [0.29, 0.717) is 16.8 Å². The fraction of sp³-hybridized carbons (Fsp3) is 0. The number of carbonyl (C=O) groups is 1. The van der Waals surface area contributed by atoms with Crippen LogP contribution in [0.5, 0.6) is 0 Å². The molecule has 1 amide bonds. The second-order valence-corrected chi connectivity index (χ2v) is 4.88. The molecule has 0 aliphatic rings. The van der Waals surface area contributed by atoms with Crippen LogP contribution < -0.4 is 10.6 Å². The zero-order chi connectivity index (χ0) is 15.4. The molecular formula is C14H9ClF2N2OS. The van der Waals surface area contributed by atoms with Gasteiger partial charge in [0.1, 0.15) is 11.6 Å². The Kier molecular flexibility index (Phi) is 4.82. The van der Waals surface area contributed by atoms with Crippen molar-refractivity contribution in [2.75, 3.05) is 5.32 Å². The molecule has 0 aliphatic carbocycles. The average molecular weight is 327 g/mol. The maximum atomic E-state index is 13.4. The van der Waals surface area contributed by atoms with Gasteiger partial charge < -0.3 is 5.32 Å². The van der Waals surface area contributed by atoms with Gasteiger partial charge in [-0.05, 0) is 48.6 Å². The first-order valence-electron chi connectivity index (χ1n) is 5.78. The average Bonchev–Trinajstić information content (AvgIpc) is 2.41. The highest BCUT2D eigenvalue weighted by atomic mass is 35.5. The lowest BCUT2D eigenvalue weighted by molar-refractivity contribution is 0.0973. The van der Waals surface area contributed by atoms with E-state index < -0.39 is 17.5 Å². The van der Waals surface area contributed by atoms with Gasteiger partial charge >= 0.3 is 0 Å². The van der Waals surface area contributed by atoms with E-state index in [2.05, 4.69) is 10.6 Å². The van der Waals surface area contributed by atoms with Crippen LogP contribution in [0.4, 0.5) is 14.5 Å². The maximum Gasteiger partial charge on any atom is 0.260 e. The van der Waals surface area contributed by atoms with Crippen molar-refractivity contribution < 1.29 is 13.6 Å². The number of anilines is 1. The molecule has 2 N–H and O–H groups in total. The lowest BCUT2D eigenvalue weighted by Gasteiger charge is -2.10. The minimum Gasteiger partial charge on any atom is -0.332 e. The summed E-state index contributed by atoms with van der Waals surface area (Å²) in [7, 11) is 0. The van der Waals surface area contributed by atoms with E-state index in [9.17, 15) is 13.6 Å². The molecular weight excluding hydrogens is 318 g/mol. The number of carbonyl (C=O) groups excluding carboxylic acids is 1. The van der Waals surface area contributed by atoms with Gasteiger partial charge in [-0.2, -0.15) is 0 Å². The Labute approximate surface area is 129 Å². The monoisotopic (exact) mass is 326 g/mol. The Morgan fingerprint density at radius 2 is 1.76 bits per heavy atom. The van der Waals surface area contributed by atoms with Crippen LogP contribution in [0.15, 0.2) is 42.5 Å². The van der Waals surface area contributed by atoms with Crippen molar-refractivity contribution in [1.82, 2.24) is 5.32 Å². The van der Waals surface area contributed by atoms with Crippen LogP contribution in [0.1, 0.15) is 10.4 Å². The summed E-state index contributed by atoms with van der Waals surface area (Å²) in [6.45, 7) is 0. The predicted molar refractivity (Wildman–Crippen MR) is 81.5 cm³/mol. The van der Waals surface area contributed by atoms with Gasteiger partial charge in [0.05, 0.1) is 5.56 Å². The molecule has 21 heavy (non-hydrogen) atoms. The van der Waals surface area contributed by atoms with Crippen LogP contribution in [-0.4, -0.2) is 11.0 Å². The molecule has 0 spiro atoms. The van der Waals surface area contributed by atoms with Gasteiger partial charge in [0.25, 0.3) is 5.91 Å². The molecule has 3 nitrogen and oxygen atoms in total. The topological polar surface area (TPSA) is 41.1 Å². The van der Waals surface area contributed by atoms with Crippen LogP contribution in [0.25, 0.3) is 0 Å². The number of thiocarbonyl (C=S) groups is 1. The number of hydrogen-bond acceptors (Lipinski definition) is 2. The predicted octanol–water partition coefficient (Wildman–Crippen LogP) is 3.75. The third-order valence-electron chi connectivity index (χ3n) is 2.50. The van der Waals surface area contributed by atoms with Crippen LogP contribution in [-0.2, 0) is 0 Å². The lowest BCUT2D eigenvalue weighted by Crippen LogP contribution is -2.34. The molecule has 0 saturated heterocycles. The van der Waals surface area contributed by atoms with Gasteiger partial charge in [-0.15, -0.1) is 0 Å². The fourth-order valence-electron chi connectivity index (χ4n) is 1.54. The van der Waals surface area contributed by atoms with Gasteiger partial charge in [-0.25, -0.2) is 8.78 Å². The molecule has 0 unspecified atom stereocenters. The summed E-state index contributed by atoms with van der Waals surface area (Å²) in [5, 5.41) is 5.60. The summed E-state index contributed by atoms with van der Waals surface area (Å²) in [6, 6.07) is 9.30. The zero-order valence-electron chi connectivity index (χ0n) is 10.5. The Morgan fingerprint density at radius 1 is 1.10 bits per heavy atom. The molecule has 0 atom stereocenters. The molecule has 0 radical (unpaired) electrons. The quantitative estimate of drug-likeness (QED) is 0.826. The van der Waals surface area contributed by atoms with Crippen molar-refractivity contribution in [1.29, 1.82) is 0 Å². The molecule has 0 fully saturated rings. The molecule has 2 aromatic carbocycles. The van der Waals surface area contributed by atoms with Crippen molar-refractivity contribution in [2.24, 2.45) is 0 Å². The van der Waals surface area contributed by atoms with Crippen LogP contribution in [0.3, 0.4) is 0 Å². The summed E-state index contributed by atoms with van der Waals surface area (Å²) in [4.78, 5) is 11.8. The Balaban J connectivity index is 2.02. The van der Waals surface area contributed by atoms with Gasteiger partial charge in [0, 0.05) is 16.8 Å². The number of benzene rings is 2. The first kappa shape index (κ1) is 15.3. The second kappa shape index (κ2) is 6.60. The molecule has 0 aliphatic heterocycles. The first-order valence-corrected chi connectivity index (χ1v) is 6.57. The van der Waals surface area contributed by atoms with E-state index in [1.54, 1.807) is 24.3 Å². The highest BCUT2D eigenvalue weighted by Crippen LogP contribution is 2.13. The van der Waals surface area contributed by atoms with E-state index in [1.807, 2.05) is 0 Å².